The minimum Gasteiger partial charge on any atom is -0.350 e. The largest absolute Gasteiger partial charge is 0.350 e. The summed E-state index contributed by atoms with van der Waals surface area (Å²) in [5.41, 5.74) is 4.55. The molecule has 0 saturated carbocycles. The zero-order valence-corrected chi connectivity index (χ0v) is 11.0. The van der Waals surface area contributed by atoms with E-state index in [-0.39, 0.29) is 0 Å². The Hall–Kier alpha value is -1.24. The van der Waals surface area contributed by atoms with E-state index in [4.69, 9.17) is 0 Å². The second-order valence-electron chi connectivity index (χ2n) is 5.97. The molecule has 0 aliphatic heterocycles. The fourth-order valence-electron chi connectivity index (χ4n) is 2.44. The Bertz CT molecular complexity index is 512. The topological polar surface area (TPSA) is 4.93 Å². The van der Waals surface area contributed by atoms with Gasteiger partial charge in [0.15, 0.2) is 0 Å². The van der Waals surface area contributed by atoms with E-state index in [0.29, 0.717) is 5.41 Å². The van der Waals surface area contributed by atoms with Gasteiger partial charge in [-0.2, -0.15) is 0 Å². The minimum atomic E-state index is 0.344. The Labute approximate surface area is 98.1 Å². The molecule has 0 bridgehead atoms. The van der Waals surface area contributed by atoms with E-state index in [0.717, 1.165) is 6.42 Å². The van der Waals surface area contributed by atoms with E-state index >= 15 is 0 Å². The maximum atomic E-state index is 2.30. The van der Waals surface area contributed by atoms with Gasteiger partial charge in [0.2, 0.25) is 0 Å². The molecule has 0 amide bonds. The van der Waals surface area contributed by atoms with E-state index in [1.54, 1.807) is 0 Å². The summed E-state index contributed by atoms with van der Waals surface area (Å²) in [5.74, 6) is 0. The summed E-state index contributed by atoms with van der Waals surface area (Å²) in [5, 5.41) is 1.44. The maximum absolute atomic E-state index is 2.30. The van der Waals surface area contributed by atoms with Gasteiger partial charge >= 0.3 is 0 Å². The van der Waals surface area contributed by atoms with Gasteiger partial charge in [0.05, 0.1) is 0 Å². The zero-order chi connectivity index (χ0) is 11.9. The molecule has 0 aliphatic rings. The second kappa shape index (κ2) is 3.65. The normalized spacial score (nSPS) is 12.3. The summed E-state index contributed by atoms with van der Waals surface area (Å²) in [4.78, 5) is 0. The third-order valence-electron chi connectivity index (χ3n) is 3.02. The van der Waals surface area contributed by atoms with Gasteiger partial charge in [-0.25, -0.2) is 0 Å². The number of aromatic nitrogens is 1. The third-order valence-corrected chi connectivity index (χ3v) is 3.02. The highest BCUT2D eigenvalue weighted by Gasteiger charge is 2.16. The van der Waals surface area contributed by atoms with Gasteiger partial charge in [0.25, 0.3) is 0 Å². The molecule has 1 heterocycles. The van der Waals surface area contributed by atoms with E-state index in [9.17, 15) is 0 Å². The first-order chi connectivity index (χ1) is 7.38. The van der Waals surface area contributed by atoms with Crippen LogP contribution in [-0.4, -0.2) is 4.57 Å². The van der Waals surface area contributed by atoms with Gasteiger partial charge in [-0.15, -0.1) is 0 Å². The van der Waals surface area contributed by atoms with Crippen molar-refractivity contribution in [1.82, 2.24) is 4.57 Å². The summed E-state index contributed by atoms with van der Waals surface area (Å²) in [6.45, 7) is 9.09. The molecular formula is C15H21N. The highest BCUT2D eigenvalue weighted by molar-refractivity contribution is 5.87. The smallest absolute Gasteiger partial charge is 0.0483 e. The molecule has 2 aromatic rings. The highest BCUT2D eigenvalue weighted by Crippen LogP contribution is 2.29. The molecule has 86 valence electrons. The van der Waals surface area contributed by atoms with Crippen molar-refractivity contribution in [2.75, 3.05) is 0 Å². The number of nitrogens with zero attached hydrogens (tertiary/aromatic N) is 1. The number of hydrogen-bond donors (Lipinski definition) is 0. The molecule has 1 aromatic heterocycles. The van der Waals surface area contributed by atoms with Gasteiger partial charge in [0, 0.05) is 24.1 Å². The SMILES string of the molecule is Cc1cccc2c1c(CC(C)(C)C)cn2C. The lowest BCUT2D eigenvalue weighted by molar-refractivity contribution is 0.412. The van der Waals surface area contributed by atoms with Crippen molar-refractivity contribution in [1.29, 1.82) is 0 Å². The Morgan fingerprint density at radius 2 is 1.88 bits per heavy atom. The fourth-order valence-corrected chi connectivity index (χ4v) is 2.44. The van der Waals surface area contributed by atoms with Crippen LogP contribution in [0.3, 0.4) is 0 Å². The monoisotopic (exact) mass is 215 g/mol. The van der Waals surface area contributed by atoms with Crippen molar-refractivity contribution in [3.8, 4) is 0 Å². The first-order valence-corrected chi connectivity index (χ1v) is 5.92. The number of aryl methyl sites for hydroxylation is 2. The van der Waals surface area contributed by atoms with Gasteiger partial charge in [0.1, 0.15) is 0 Å². The van der Waals surface area contributed by atoms with Crippen molar-refractivity contribution >= 4 is 10.9 Å². The van der Waals surface area contributed by atoms with Crippen LogP contribution in [0.25, 0.3) is 10.9 Å². The highest BCUT2D eigenvalue weighted by atomic mass is 14.9. The van der Waals surface area contributed by atoms with E-state index in [1.807, 2.05) is 0 Å². The minimum absolute atomic E-state index is 0.344. The van der Waals surface area contributed by atoms with Crippen molar-refractivity contribution in [3.05, 3.63) is 35.5 Å². The molecule has 0 aliphatic carbocycles. The number of rotatable bonds is 1. The van der Waals surface area contributed by atoms with Crippen molar-refractivity contribution in [2.24, 2.45) is 12.5 Å². The van der Waals surface area contributed by atoms with Crippen molar-refractivity contribution in [2.45, 2.75) is 34.1 Å². The summed E-state index contributed by atoms with van der Waals surface area (Å²) >= 11 is 0. The zero-order valence-electron chi connectivity index (χ0n) is 11.0. The van der Waals surface area contributed by atoms with Crippen LogP contribution < -0.4 is 0 Å². The Morgan fingerprint density at radius 3 is 2.50 bits per heavy atom. The quantitative estimate of drug-likeness (QED) is 0.675. The number of hydrogen-bond acceptors (Lipinski definition) is 0. The van der Waals surface area contributed by atoms with Crippen molar-refractivity contribution < 1.29 is 0 Å². The lowest BCUT2D eigenvalue weighted by Gasteiger charge is -2.17. The lowest BCUT2D eigenvalue weighted by atomic mass is 9.87. The summed E-state index contributed by atoms with van der Waals surface area (Å²) in [7, 11) is 2.13. The third kappa shape index (κ3) is 1.99. The molecule has 1 nitrogen and oxygen atoms in total. The lowest BCUT2D eigenvalue weighted by Crippen LogP contribution is -2.08. The average molecular weight is 215 g/mol. The standard InChI is InChI=1S/C15H21N/c1-11-7-6-8-13-14(11)12(10-16(13)5)9-15(2,3)4/h6-8,10H,9H2,1-5H3. The van der Waals surface area contributed by atoms with Crippen LogP contribution in [0.15, 0.2) is 24.4 Å². The Morgan fingerprint density at radius 1 is 1.19 bits per heavy atom. The molecule has 0 unspecified atom stereocenters. The fraction of sp³-hybridized carbons (Fsp3) is 0.467. The van der Waals surface area contributed by atoms with Gasteiger partial charge in [-0.3, -0.25) is 0 Å². The van der Waals surface area contributed by atoms with Crippen LogP contribution >= 0.6 is 0 Å². The summed E-state index contributed by atoms with van der Waals surface area (Å²) in [6, 6.07) is 6.54. The second-order valence-corrected chi connectivity index (χ2v) is 5.97. The first-order valence-electron chi connectivity index (χ1n) is 5.92. The molecule has 0 saturated heterocycles. The van der Waals surface area contributed by atoms with Crippen LogP contribution in [-0.2, 0) is 13.5 Å². The average Bonchev–Trinajstić information content (AvgIpc) is 2.42. The first kappa shape index (κ1) is 11.3. The number of fused-ring (bicyclic) bond motifs is 1. The molecule has 2 rings (SSSR count). The van der Waals surface area contributed by atoms with E-state index in [2.05, 4.69) is 63.7 Å². The molecule has 0 fully saturated rings. The Kier molecular flexibility index (Phi) is 2.57. The van der Waals surface area contributed by atoms with Gasteiger partial charge in [-0.1, -0.05) is 32.9 Å². The van der Waals surface area contributed by atoms with Crippen molar-refractivity contribution in [3.63, 3.8) is 0 Å². The summed E-state index contributed by atoms with van der Waals surface area (Å²) < 4.78 is 2.24. The molecule has 1 heteroatoms. The van der Waals surface area contributed by atoms with E-state index in [1.165, 1.54) is 22.0 Å². The molecule has 0 N–H and O–H groups in total. The van der Waals surface area contributed by atoms with Crippen LogP contribution in [0, 0.1) is 12.3 Å². The van der Waals surface area contributed by atoms with Crippen LogP contribution in [0.2, 0.25) is 0 Å². The van der Waals surface area contributed by atoms with Crippen LogP contribution in [0.4, 0.5) is 0 Å². The Balaban J connectivity index is 2.62. The van der Waals surface area contributed by atoms with Gasteiger partial charge < -0.3 is 4.57 Å². The predicted octanol–water partition coefficient (Wildman–Crippen LogP) is 4.08. The van der Waals surface area contributed by atoms with Crippen LogP contribution in [0.1, 0.15) is 31.9 Å². The molecule has 1 aromatic carbocycles. The molecular weight excluding hydrogens is 194 g/mol. The van der Waals surface area contributed by atoms with E-state index < -0.39 is 0 Å². The molecule has 0 radical (unpaired) electrons. The predicted molar refractivity (Wildman–Crippen MR) is 70.8 cm³/mol. The summed E-state index contributed by atoms with van der Waals surface area (Å²) in [6.07, 6.45) is 3.41. The maximum Gasteiger partial charge on any atom is 0.0483 e. The van der Waals surface area contributed by atoms with Gasteiger partial charge in [-0.05, 0) is 36.0 Å². The number of benzene rings is 1. The molecule has 0 spiro atoms. The molecule has 16 heavy (non-hydrogen) atoms. The molecule has 0 atom stereocenters. The van der Waals surface area contributed by atoms with Crippen LogP contribution in [0.5, 0.6) is 0 Å².